The van der Waals surface area contributed by atoms with E-state index in [1.54, 1.807) is 0 Å². The Hall–Kier alpha value is -0.990. The zero-order valence-electron chi connectivity index (χ0n) is 4.22. The fraction of sp³-hybridized carbons (Fsp3) is 0.400. The number of carboxylic acid groups (broad SMARTS) is 1. The number of ether oxygens (including phenoxy) is 1. The van der Waals surface area contributed by atoms with Crippen LogP contribution in [-0.2, 0) is 9.53 Å². The smallest absolute Gasteiger partial charge is 0.138 e. The zero-order chi connectivity index (χ0) is 5.98. The van der Waals surface area contributed by atoms with E-state index in [9.17, 15) is 9.90 Å². The molecular weight excluding hydrogens is 108 g/mol. The van der Waals surface area contributed by atoms with Crippen molar-refractivity contribution in [3.63, 3.8) is 0 Å². The van der Waals surface area contributed by atoms with Crippen molar-refractivity contribution in [2.24, 2.45) is 0 Å². The van der Waals surface area contributed by atoms with E-state index in [0.717, 1.165) is 0 Å². The van der Waals surface area contributed by atoms with Gasteiger partial charge in [-0.15, -0.1) is 0 Å². The van der Waals surface area contributed by atoms with Crippen molar-refractivity contribution in [2.75, 3.05) is 6.61 Å². The third-order valence-corrected chi connectivity index (χ3v) is 0.906. The third kappa shape index (κ3) is 0.804. The highest BCUT2D eigenvalue weighted by atomic mass is 16.5. The summed E-state index contributed by atoms with van der Waals surface area (Å²) >= 11 is 0. The number of rotatable bonds is 1. The maximum absolute atomic E-state index is 9.90. The summed E-state index contributed by atoms with van der Waals surface area (Å²) < 4.78 is 4.61. The number of hydrogen-bond donors (Lipinski definition) is 0. The monoisotopic (exact) mass is 113 g/mol. The molecule has 0 saturated heterocycles. The molecule has 1 aliphatic rings. The van der Waals surface area contributed by atoms with E-state index in [-0.39, 0.29) is 5.76 Å². The van der Waals surface area contributed by atoms with E-state index < -0.39 is 5.97 Å². The van der Waals surface area contributed by atoms with E-state index in [1.165, 1.54) is 6.08 Å². The lowest BCUT2D eigenvalue weighted by Gasteiger charge is -2.01. The molecule has 1 heterocycles. The molecule has 0 aromatic heterocycles. The topological polar surface area (TPSA) is 49.4 Å². The third-order valence-electron chi connectivity index (χ3n) is 0.906. The molecule has 0 aromatic carbocycles. The molecule has 0 unspecified atom stereocenters. The van der Waals surface area contributed by atoms with Gasteiger partial charge >= 0.3 is 0 Å². The van der Waals surface area contributed by atoms with Crippen LogP contribution in [0.1, 0.15) is 6.42 Å². The number of hydrogen-bond acceptors (Lipinski definition) is 3. The Bertz CT molecular complexity index is 137. The lowest BCUT2D eigenvalue weighted by atomic mass is 10.4. The van der Waals surface area contributed by atoms with Crippen molar-refractivity contribution in [1.29, 1.82) is 0 Å². The highest BCUT2D eigenvalue weighted by Gasteiger charge is 2.03. The van der Waals surface area contributed by atoms with Gasteiger partial charge in [-0.25, -0.2) is 0 Å². The van der Waals surface area contributed by atoms with Crippen LogP contribution in [0.2, 0.25) is 0 Å². The molecule has 3 heteroatoms. The molecule has 0 spiro atoms. The number of carbonyl (C=O) groups excluding carboxylic acids is 1. The van der Waals surface area contributed by atoms with Gasteiger partial charge in [-0.2, -0.15) is 0 Å². The van der Waals surface area contributed by atoms with E-state index in [2.05, 4.69) is 4.74 Å². The fourth-order valence-electron chi connectivity index (χ4n) is 0.560. The molecule has 0 N–H and O–H groups in total. The minimum Gasteiger partial charge on any atom is -0.542 e. The Labute approximate surface area is 46.6 Å². The molecule has 0 bridgehead atoms. The molecule has 44 valence electrons. The fourth-order valence-corrected chi connectivity index (χ4v) is 0.560. The van der Waals surface area contributed by atoms with Crippen LogP contribution in [0.3, 0.4) is 0 Å². The molecule has 0 saturated carbocycles. The molecule has 0 fully saturated rings. The first kappa shape index (κ1) is 5.15. The van der Waals surface area contributed by atoms with Gasteiger partial charge in [0.25, 0.3) is 0 Å². The van der Waals surface area contributed by atoms with E-state index in [4.69, 9.17) is 0 Å². The molecule has 0 amide bonds. The van der Waals surface area contributed by atoms with Crippen molar-refractivity contribution < 1.29 is 14.6 Å². The van der Waals surface area contributed by atoms with Gasteiger partial charge in [0.1, 0.15) is 11.7 Å². The summed E-state index contributed by atoms with van der Waals surface area (Å²) in [5, 5.41) is 9.90. The zero-order valence-corrected chi connectivity index (χ0v) is 4.22. The molecule has 1 aliphatic heterocycles. The van der Waals surface area contributed by atoms with Crippen molar-refractivity contribution >= 4 is 5.97 Å². The van der Waals surface area contributed by atoms with Crippen molar-refractivity contribution in [3.05, 3.63) is 11.8 Å². The summed E-state index contributed by atoms with van der Waals surface area (Å²) in [6, 6.07) is 0. The van der Waals surface area contributed by atoms with Gasteiger partial charge in [0, 0.05) is 6.42 Å². The van der Waals surface area contributed by atoms with Crippen molar-refractivity contribution in [2.45, 2.75) is 6.42 Å². The Morgan fingerprint density at radius 3 is 2.88 bits per heavy atom. The number of carboxylic acids is 1. The van der Waals surface area contributed by atoms with Crippen LogP contribution in [0.5, 0.6) is 0 Å². The number of aliphatic carboxylic acids is 1. The second-order valence-corrected chi connectivity index (χ2v) is 1.49. The minimum atomic E-state index is -1.22. The summed E-state index contributed by atoms with van der Waals surface area (Å²) in [5.41, 5.74) is 0. The van der Waals surface area contributed by atoms with Crippen LogP contribution in [-0.4, -0.2) is 12.6 Å². The van der Waals surface area contributed by atoms with Crippen LogP contribution >= 0.6 is 0 Å². The number of carbonyl (C=O) groups is 1. The van der Waals surface area contributed by atoms with Gasteiger partial charge in [-0.1, -0.05) is 0 Å². The summed E-state index contributed by atoms with van der Waals surface area (Å²) in [7, 11) is 0. The van der Waals surface area contributed by atoms with Crippen molar-refractivity contribution in [1.82, 2.24) is 0 Å². The van der Waals surface area contributed by atoms with Gasteiger partial charge in [0.2, 0.25) is 0 Å². The quantitative estimate of drug-likeness (QED) is 0.440. The molecule has 0 aromatic rings. The Kier molecular flexibility index (Phi) is 1.20. The standard InChI is InChI=1S/C5H6O3/c6-5(7)4-2-1-3-8-4/h2H,1,3H2,(H,6,7)/p-1. The van der Waals surface area contributed by atoms with Crippen LogP contribution in [0.15, 0.2) is 11.8 Å². The normalized spacial score (nSPS) is 17.2. The maximum atomic E-state index is 9.90. The second kappa shape index (κ2) is 1.86. The lowest BCUT2D eigenvalue weighted by molar-refractivity contribution is -0.302. The molecule has 1 rings (SSSR count). The minimum absolute atomic E-state index is 0.0231. The molecular formula is C5H5O3-. The molecule has 8 heavy (non-hydrogen) atoms. The lowest BCUT2D eigenvalue weighted by Crippen LogP contribution is -2.24. The summed E-state index contributed by atoms with van der Waals surface area (Å²) in [6.07, 6.45) is 2.19. The van der Waals surface area contributed by atoms with Crippen LogP contribution in [0, 0.1) is 0 Å². The summed E-state index contributed by atoms with van der Waals surface area (Å²) in [6.45, 7) is 0.476. The van der Waals surface area contributed by atoms with Gasteiger partial charge < -0.3 is 14.6 Å². The molecule has 0 atom stereocenters. The van der Waals surface area contributed by atoms with Gasteiger partial charge in [-0.3, -0.25) is 0 Å². The molecule has 0 radical (unpaired) electrons. The van der Waals surface area contributed by atoms with Gasteiger partial charge in [0.15, 0.2) is 0 Å². The Balaban J connectivity index is 2.57. The largest absolute Gasteiger partial charge is 0.542 e. The Morgan fingerprint density at radius 2 is 2.62 bits per heavy atom. The van der Waals surface area contributed by atoms with E-state index in [1.807, 2.05) is 0 Å². The SMILES string of the molecule is O=C([O-])C1=CCCO1. The maximum Gasteiger partial charge on any atom is 0.138 e. The van der Waals surface area contributed by atoms with E-state index >= 15 is 0 Å². The van der Waals surface area contributed by atoms with Crippen LogP contribution in [0.4, 0.5) is 0 Å². The van der Waals surface area contributed by atoms with E-state index in [0.29, 0.717) is 13.0 Å². The predicted molar refractivity (Wildman–Crippen MR) is 23.7 cm³/mol. The van der Waals surface area contributed by atoms with Crippen LogP contribution < -0.4 is 5.11 Å². The first-order valence-corrected chi connectivity index (χ1v) is 2.35. The molecule has 3 nitrogen and oxygen atoms in total. The highest BCUT2D eigenvalue weighted by molar-refractivity contribution is 5.82. The predicted octanol–water partition coefficient (Wildman–Crippen LogP) is -0.960. The van der Waals surface area contributed by atoms with Gasteiger partial charge in [-0.05, 0) is 6.08 Å². The average molecular weight is 113 g/mol. The first-order valence-electron chi connectivity index (χ1n) is 2.35. The second-order valence-electron chi connectivity index (χ2n) is 1.49. The average Bonchev–Trinajstić information content (AvgIpc) is 2.12. The van der Waals surface area contributed by atoms with Gasteiger partial charge in [0.05, 0.1) is 6.61 Å². The summed E-state index contributed by atoms with van der Waals surface area (Å²) in [4.78, 5) is 9.90. The molecule has 0 aliphatic carbocycles. The Morgan fingerprint density at radius 1 is 1.88 bits per heavy atom. The van der Waals surface area contributed by atoms with Crippen LogP contribution in [0.25, 0.3) is 0 Å². The highest BCUT2D eigenvalue weighted by Crippen LogP contribution is 2.06. The van der Waals surface area contributed by atoms with Crippen molar-refractivity contribution in [3.8, 4) is 0 Å². The first-order chi connectivity index (χ1) is 3.80. The summed E-state index contributed by atoms with van der Waals surface area (Å²) in [5.74, 6) is -1.24.